The zero-order valence-corrected chi connectivity index (χ0v) is 18.6. The number of aldehydes is 1. The second kappa shape index (κ2) is 10.4. The minimum atomic E-state index is 0.0956. The van der Waals surface area contributed by atoms with Crippen molar-refractivity contribution < 1.29 is 14.7 Å². The molecule has 1 aliphatic heterocycles. The molecule has 2 aromatic rings. The molecule has 0 saturated heterocycles. The van der Waals surface area contributed by atoms with E-state index in [0.717, 1.165) is 33.3 Å². The van der Waals surface area contributed by atoms with Crippen LogP contribution in [0.15, 0.2) is 57.8 Å². The number of carbonyl (C=O) groups excluding carboxylic acids is 1. The molecule has 1 aliphatic rings. The zero-order chi connectivity index (χ0) is 21.5. The molecule has 0 radical (unpaired) electrons. The van der Waals surface area contributed by atoms with Crippen LogP contribution in [0, 0.1) is 0 Å². The van der Waals surface area contributed by atoms with Crippen molar-refractivity contribution in [1.82, 2.24) is 4.90 Å². The molecule has 0 aliphatic carbocycles. The van der Waals surface area contributed by atoms with Crippen LogP contribution in [-0.4, -0.2) is 62.4 Å². The lowest BCUT2D eigenvalue weighted by Crippen LogP contribution is -2.25. The molecule has 2 aromatic carbocycles. The average molecular weight is 473 g/mol. The third kappa shape index (κ3) is 4.89. The molecule has 0 unspecified atom stereocenters. The zero-order valence-electron chi connectivity index (χ0n) is 17.0. The van der Waals surface area contributed by atoms with Crippen LogP contribution in [0.5, 0.6) is 0 Å². The molecule has 0 bridgehead atoms. The summed E-state index contributed by atoms with van der Waals surface area (Å²) >= 11 is 3.49. The van der Waals surface area contributed by atoms with E-state index in [2.05, 4.69) is 31.7 Å². The molecule has 0 fully saturated rings. The third-order valence-corrected chi connectivity index (χ3v) is 5.30. The first-order chi connectivity index (χ1) is 14.6. The fourth-order valence-electron chi connectivity index (χ4n) is 3.22. The summed E-state index contributed by atoms with van der Waals surface area (Å²) in [5, 5.41) is 19.8. The average Bonchev–Trinajstić information content (AvgIpc) is 3.10. The van der Waals surface area contributed by atoms with Gasteiger partial charge in [0.05, 0.1) is 12.3 Å². The number of aliphatic hydroxyl groups is 1. The first-order valence-corrected chi connectivity index (χ1v) is 10.4. The monoisotopic (exact) mass is 472 g/mol. The Hall–Kier alpha value is -2.68. The van der Waals surface area contributed by atoms with Gasteiger partial charge in [0.1, 0.15) is 12.3 Å². The number of hydrogen-bond acceptors (Lipinski definition) is 7. The Morgan fingerprint density at radius 2 is 2.10 bits per heavy atom. The fourth-order valence-corrected chi connectivity index (χ4v) is 3.58. The van der Waals surface area contributed by atoms with Crippen molar-refractivity contribution in [3.63, 3.8) is 0 Å². The summed E-state index contributed by atoms with van der Waals surface area (Å²) in [5.41, 5.74) is 4.99. The van der Waals surface area contributed by atoms with Crippen molar-refractivity contribution >= 4 is 44.9 Å². The SMILES string of the molecule is CNc1ccc(Br)cc1/C(C=O)=C1/Nc2ccccc2/C1=N\OCCN(C)CCO. The van der Waals surface area contributed by atoms with Crippen molar-refractivity contribution in [3.05, 3.63) is 63.8 Å². The minimum Gasteiger partial charge on any atom is -0.395 e. The normalized spacial score (nSPS) is 15.7. The molecule has 7 nitrogen and oxygen atoms in total. The van der Waals surface area contributed by atoms with Crippen LogP contribution in [0.2, 0.25) is 0 Å². The van der Waals surface area contributed by atoms with E-state index in [1.165, 1.54) is 0 Å². The molecule has 158 valence electrons. The number of nitrogens with zero attached hydrogens (tertiary/aromatic N) is 2. The van der Waals surface area contributed by atoms with Gasteiger partial charge in [-0.25, -0.2) is 0 Å². The Morgan fingerprint density at radius 1 is 1.30 bits per heavy atom. The Labute approximate surface area is 184 Å². The lowest BCUT2D eigenvalue weighted by Gasteiger charge is -2.14. The number of oxime groups is 1. The van der Waals surface area contributed by atoms with Gasteiger partial charge >= 0.3 is 0 Å². The maximum absolute atomic E-state index is 12.2. The van der Waals surface area contributed by atoms with E-state index in [9.17, 15) is 4.79 Å². The second-order valence-electron chi connectivity index (χ2n) is 6.82. The van der Waals surface area contributed by atoms with Crippen LogP contribution in [0.1, 0.15) is 11.1 Å². The number of allylic oxidation sites excluding steroid dienone is 2. The maximum Gasteiger partial charge on any atom is 0.152 e. The van der Waals surface area contributed by atoms with Gasteiger partial charge in [0.15, 0.2) is 6.29 Å². The molecule has 3 N–H and O–H groups in total. The van der Waals surface area contributed by atoms with Crippen LogP contribution in [0.25, 0.3) is 5.57 Å². The number of carbonyl (C=O) groups is 1. The Balaban J connectivity index is 2.00. The highest BCUT2D eigenvalue weighted by atomic mass is 79.9. The number of halogens is 1. The van der Waals surface area contributed by atoms with E-state index in [1.807, 2.05) is 61.5 Å². The smallest absolute Gasteiger partial charge is 0.152 e. The number of rotatable bonds is 9. The number of para-hydroxylation sites is 1. The van der Waals surface area contributed by atoms with Gasteiger partial charge in [0, 0.05) is 52.7 Å². The predicted molar refractivity (Wildman–Crippen MR) is 124 cm³/mol. The van der Waals surface area contributed by atoms with Crippen LogP contribution in [-0.2, 0) is 9.63 Å². The highest BCUT2D eigenvalue weighted by molar-refractivity contribution is 9.10. The molecule has 0 spiro atoms. The van der Waals surface area contributed by atoms with Crippen molar-refractivity contribution in [3.8, 4) is 0 Å². The lowest BCUT2D eigenvalue weighted by atomic mass is 10.00. The highest BCUT2D eigenvalue weighted by Crippen LogP contribution is 2.35. The number of aliphatic hydroxyl groups excluding tert-OH is 1. The van der Waals surface area contributed by atoms with Gasteiger partial charge < -0.3 is 25.5 Å². The first-order valence-electron chi connectivity index (χ1n) is 9.62. The molecule has 30 heavy (non-hydrogen) atoms. The summed E-state index contributed by atoms with van der Waals surface area (Å²) < 4.78 is 0.869. The summed E-state index contributed by atoms with van der Waals surface area (Å²) in [7, 11) is 3.72. The molecular formula is C22H25BrN4O3. The number of nitrogens with one attached hydrogen (secondary N) is 2. The van der Waals surface area contributed by atoms with Crippen molar-refractivity contribution in [2.24, 2.45) is 5.16 Å². The van der Waals surface area contributed by atoms with E-state index in [-0.39, 0.29) is 6.61 Å². The summed E-state index contributed by atoms with van der Waals surface area (Å²) in [5.74, 6) is 0. The van der Waals surface area contributed by atoms with E-state index >= 15 is 0 Å². The topological polar surface area (TPSA) is 86.2 Å². The molecule has 0 atom stereocenters. The maximum atomic E-state index is 12.2. The van der Waals surface area contributed by atoms with Gasteiger partial charge in [0.25, 0.3) is 0 Å². The van der Waals surface area contributed by atoms with Crippen LogP contribution in [0.4, 0.5) is 11.4 Å². The molecule has 0 saturated carbocycles. The van der Waals surface area contributed by atoms with Gasteiger partial charge in [-0.2, -0.15) is 0 Å². The fraction of sp³-hybridized carbons (Fsp3) is 0.273. The Bertz CT molecular complexity index is 975. The molecule has 8 heteroatoms. The quantitative estimate of drug-likeness (QED) is 0.225. The van der Waals surface area contributed by atoms with E-state index in [4.69, 9.17) is 9.94 Å². The van der Waals surface area contributed by atoms with Crippen molar-refractivity contribution in [2.75, 3.05) is 51.0 Å². The molecule has 1 heterocycles. The Morgan fingerprint density at radius 3 is 2.83 bits per heavy atom. The number of anilines is 2. The van der Waals surface area contributed by atoms with Crippen LogP contribution < -0.4 is 10.6 Å². The molecular weight excluding hydrogens is 448 g/mol. The van der Waals surface area contributed by atoms with Crippen molar-refractivity contribution in [1.29, 1.82) is 0 Å². The first kappa shape index (κ1) is 22.0. The van der Waals surface area contributed by atoms with Crippen molar-refractivity contribution in [2.45, 2.75) is 0 Å². The summed E-state index contributed by atoms with van der Waals surface area (Å²) in [6.07, 6.45) is 0.835. The highest BCUT2D eigenvalue weighted by Gasteiger charge is 2.27. The number of likely N-dealkylation sites (N-methyl/N-ethyl adjacent to an activating group) is 1. The summed E-state index contributed by atoms with van der Waals surface area (Å²) in [4.78, 5) is 19.7. The minimum absolute atomic E-state index is 0.0956. The number of hydrogen-bond donors (Lipinski definition) is 3. The lowest BCUT2D eigenvalue weighted by molar-refractivity contribution is -0.103. The predicted octanol–water partition coefficient (Wildman–Crippen LogP) is 3.17. The van der Waals surface area contributed by atoms with Gasteiger partial charge in [-0.15, -0.1) is 0 Å². The largest absolute Gasteiger partial charge is 0.395 e. The summed E-state index contributed by atoms with van der Waals surface area (Å²) in [6, 6.07) is 13.5. The molecule has 0 aromatic heterocycles. The molecule has 0 amide bonds. The standard InChI is InChI=1S/C22H25BrN4O3/c1-24-19-8-7-15(23)13-17(19)18(14-29)21-22(16-5-3-4-6-20(16)25-21)26-30-12-10-27(2)9-11-28/h3-8,13-14,24-25,28H,9-12H2,1-2H3/b21-18+,26-22+. The van der Waals surface area contributed by atoms with Crippen LogP contribution in [0.3, 0.4) is 0 Å². The second-order valence-corrected chi connectivity index (χ2v) is 7.73. The van der Waals surface area contributed by atoms with Crippen LogP contribution >= 0.6 is 15.9 Å². The van der Waals surface area contributed by atoms with E-state index < -0.39 is 0 Å². The van der Waals surface area contributed by atoms with Gasteiger partial charge in [-0.1, -0.05) is 39.3 Å². The Kier molecular flexibility index (Phi) is 7.62. The van der Waals surface area contributed by atoms with E-state index in [0.29, 0.717) is 36.7 Å². The van der Waals surface area contributed by atoms with Gasteiger partial charge in [0.2, 0.25) is 0 Å². The van der Waals surface area contributed by atoms with Gasteiger partial charge in [-0.3, -0.25) is 4.79 Å². The third-order valence-electron chi connectivity index (χ3n) is 4.81. The van der Waals surface area contributed by atoms with E-state index in [1.54, 1.807) is 0 Å². The van der Waals surface area contributed by atoms with Gasteiger partial charge in [-0.05, 0) is 31.3 Å². The number of fused-ring (bicyclic) bond motifs is 1. The molecule has 3 rings (SSSR count). The number of benzene rings is 2. The summed E-state index contributed by atoms with van der Waals surface area (Å²) in [6.45, 7) is 1.66.